The van der Waals surface area contributed by atoms with Crippen LogP contribution in [0.2, 0.25) is 0 Å². The van der Waals surface area contributed by atoms with Gasteiger partial charge in [0.1, 0.15) is 0 Å². The number of nitrogens with one attached hydrogen (secondary N) is 2. The van der Waals surface area contributed by atoms with Gasteiger partial charge in [-0.2, -0.15) is 11.8 Å². The molecule has 0 aliphatic carbocycles. The summed E-state index contributed by atoms with van der Waals surface area (Å²) < 4.78 is 24.3. The first kappa shape index (κ1) is 14.8. The topological polar surface area (TPSA) is 75.3 Å². The molecule has 0 saturated heterocycles. The lowest BCUT2D eigenvalue weighted by Crippen LogP contribution is -2.12. The summed E-state index contributed by atoms with van der Waals surface area (Å²) in [7, 11) is -3.27. The summed E-state index contributed by atoms with van der Waals surface area (Å²) in [6.07, 6.45) is 3.49. The molecule has 100 valence electrons. The van der Waals surface area contributed by atoms with Crippen molar-refractivity contribution in [3.63, 3.8) is 0 Å². The molecular formula is C11H16N2O3S2. The number of hydrogen-bond donors (Lipinski definition) is 2. The average molecular weight is 288 g/mol. The Labute approximate surface area is 111 Å². The Hall–Kier alpha value is -1.21. The lowest BCUT2D eigenvalue weighted by Gasteiger charge is -2.07. The summed E-state index contributed by atoms with van der Waals surface area (Å²) in [6.45, 7) is 0. The fourth-order valence-corrected chi connectivity index (χ4v) is 2.21. The maximum absolute atomic E-state index is 11.4. The minimum Gasteiger partial charge on any atom is -0.326 e. The van der Waals surface area contributed by atoms with E-state index >= 15 is 0 Å². The summed E-state index contributed by atoms with van der Waals surface area (Å²) in [5.41, 5.74) is 1.12. The lowest BCUT2D eigenvalue weighted by molar-refractivity contribution is -0.115. The number of hydrogen-bond acceptors (Lipinski definition) is 4. The molecule has 0 radical (unpaired) electrons. The first-order valence-electron chi connectivity index (χ1n) is 5.27. The minimum absolute atomic E-state index is 0.0480. The van der Waals surface area contributed by atoms with E-state index in [0.717, 1.165) is 12.0 Å². The molecule has 0 aromatic heterocycles. The van der Waals surface area contributed by atoms with Gasteiger partial charge in [0.05, 0.1) is 6.26 Å². The first-order valence-corrected chi connectivity index (χ1v) is 8.56. The van der Waals surface area contributed by atoms with Crippen LogP contribution in [0, 0.1) is 0 Å². The first-order chi connectivity index (χ1) is 8.40. The molecule has 0 unspecified atom stereocenters. The van der Waals surface area contributed by atoms with E-state index in [2.05, 4.69) is 10.0 Å². The minimum atomic E-state index is -3.27. The normalized spacial score (nSPS) is 11.0. The Morgan fingerprint density at radius 1 is 1.22 bits per heavy atom. The van der Waals surface area contributed by atoms with Gasteiger partial charge in [-0.05, 0) is 30.5 Å². The van der Waals surface area contributed by atoms with Gasteiger partial charge in [0.25, 0.3) is 0 Å². The van der Waals surface area contributed by atoms with Crippen molar-refractivity contribution in [2.45, 2.75) is 6.42 Å². The van der Waals surface area contributed by atoms with Crippen molar-refractivity contribution in [2.75, 3.05) is 28.3 Å². The van der Waals surface area contributed by atoms with Crippen LogP contribution in [0.15, 0.2) is 24.3 Å². The van der Waals surface area contributed by atoms with E-state index in [1.54, 1.807) is 36.0 Å². The zero-order valence-electron chi connectivity index (χ0n) is 10.3. The Morgan fingerprint density at radius 2 is 1.78 bits per heavy atom. The summed E-state index contributed by atoms with van der Waals surface area (Å²) >= 11 is 1.61. The summed E-state index contributed by atoms with van der Waals surface area (Å²) in [4.78, 5) is 11.4. The molecule has 0 aliphatic rings. The molecule has 0 heterocycles. The largest absolute Gasteiger partial charge is 0.326 e. The molecule has 0 atom stereocenters. The number of amides is 1. The zero-order valence-corrected chi connectivity index (χ0v) is 11.9. The van der Waals surface area contributed by atoms with Gasteiger partial charge in [-0.15, -0.1) is 0 Å². The molecule has 1 aromatic rings. The third kappa shape index (κ3) is 5.92. The molecular weight excluding hydrogens is 272 g/mol. The average Bonchev–Trinajstić information content (AvgIpc) is 2.27. The quantitative estimate of drug-likeness (QED) is 0.836. The Balaban J connectivity index is 2.58. The lowest BCUT2D eigenvalue weighted by atomic mass is 10.3. The van der Waals surface area contributed by atoms with Crippen molar-refractivity contribution < 1.29 is 13.2 Å². The van der Waals surface area contributed by atoms with Crippen molar-refractivity contribution in [2.24, 2.45) is 0 Å². The highest BCUT2D eigenvalue weighted by molar-refractivity contribution is 7.98. The predicted octanol–water partition coefficient (Wildman–Crippen LogP) is 1.75. The molecule has 5 nitrogen and oxygen atoms in total. The standard InChI is InChI=1S/C11H16N2O3S2/c1-17-8-7-11(14)12-9-3-5-10(6-4-9)13-18(2,15)16/h3-6,13H,7-8H2,1-2H3,(H,12,14). The summed E-state index contributed by atoms with van der Waals surface area (Å²) in [5, 5.41) is 2.74. The molecule has 0 spiro atoms. The van der Waals surface area contributed by atoms with Gasteiger partial charge in [0.2, 0.25) is 15.9 Å². The van der Waals surface area contributed by atoms with E-state index in [4.69, 9.17) is 0 Å². The molecule has 1 aromatic carbocycles. The van der Waals surface area contributed by atoms with Gasteiger partial charge in [0, 0.05) is 23.5 Å². The molecule has 0 bridgehead atoms. The summed E-state index contributed by atoms with van der Waals surface area (Å²) in [6, 6.07) is 6.52. The monoisotopic (exact) mass is 288 g/mol. The van der Waals surface area contributed by atoms with E-state index in [9.17, 15) is 13.2 Å². The number of carbonyl (C=O) groups excluding carboxylic acids is 1. The number of rotatable bonds is 6. The number of benzene rings is 1. The molecule has 7 heteroatoms. The Kier molecular flexibility index (Phi) is 5.49. The van der Waals surface area contributed by atoms with Gasteiger partial charge >= 0.3 is 0 Å². The molecule has 0 saturated carbocycles. The predicted molar refractivity (Wildman–Crippen MR) is 76.5 cm³/mol. The van der Waals surface area contributed by atoms with E-state index in [0.29, 0.717) is 17.8 Å². The van der Waals surface area contributed by atoms with Crippen LogP contribution >= 0.6 is 11.8 Å². The van der Waals surface area contributed by atoms with Gasteiger partial charge in [-0.1, -0.05) is 0 Å². The smallest absolute Gasteiger partial charge is 0.229 e. The second-order valence-electron chi connectivity index (χ2n) is 3.74. The summed E-state index contributed by atoms with van der Waals surface area (Å²) in [5.74, 6) is 0.729. The molecule has 2 N–H and O–H groups in total. The van der Waals surface area contributed by atoms with Gasteiger partial charge in [-0.25, -0.2) is 8.42 Å². The van der Waals surface area contributed by atoms with E-state index in [-0.39, 0.29) is 5.91 Å². The maximum atomic E-state index is 11.4. The van der Waals surface area contributed by atoms with Crippen LogP contribution in [-0.2, 0) is 14.8 Å². The highest BCUT2D eigenvalue weighted by atomic mass is 32.2. The van der Waals surface area contributed by atoms with Crippen LogP contribution < -0.4 is 10.0 Å². The van der Waals surface area contributed by atoms with Crippen LogP contribution in [0.3, 0.4) is 0 Å². The zero-order chi connectivity index (χ0) is 13.6. The second kappa shape index (κ2) is 6.65. The Morgan fingerprint density at radius 3 is 2.28 bits per heavy atom. The highest BCUT2D eigenvalue weighted by Crippen LogP contribution is 2.14. The van der Waals surface area contributed by atoms with Crippen molar-refractivity contribution in [3.8, 4) is 0 Å². The molecule has 0 aliphatic heterocycles. The molecule has 1 amide bonds. The molecule has 1 rings (SSSR count). The maximum Gasteiger partial charge on any atom is 0.229 e. The van der Waals surface area contributed by atoms with Crippen LogP contribution in [0.25, 0.3) is 0 Å². The van der Waals surface area contributed by atoms with Crippen LogP contribution in [-0.4, -0.2) is 32.6 Å². The number of sulfonamides is 1. The number of thioether (sulfide) groups is 1. The number of carbonyl (C=O) groups is 1. The fourth-order valence-electron chi connectivity index (χ4n) is 1.25. The molecule has 18 heavy (non-hydrogen) atoms. The van der Waals surface area contributed by atoms with Crippen molar-refractivity contribution in [1.29, 1.82) is 0 Å². The van der Waals surface area contributed by atoms with Crippen molar-refractivity contribution in [3.05, 3.63) is 24.3 Å². The molecule has 0 fully saturated rings. The fraction of sp³-hybridized carbons (Fsp3) is 0.364. The van der Waals surface area contributed by atoms with Gasteiger partial charge < -0.3 is 5.32 Å². The Bertz CT molecular complexity index is 498. The third-order valence-electron chi connectivity index (χ3n) is 2.01. The SMILES string of the molecule is CSCCC(=O)Nc1ccc(NS(C)(=O)=O)cc1. The van der Waals surface area contributed by atoms with E-state index in [1.165, 1.54) is 0 Å². The van der Waals surface area contributed by atoms with Crippen molar-refractivity contribution >= 4 is 39.1 Å². The third-order valence-corrected chi connectivity index (χ3v) is 3.22. The van der Waals surface area contributed by atoms with E-state index < -0.39 is 10.0 Å². The second-order valence-corrected chi connectivity index (χ2v) is 6.48. The van der Waals surface area contributed by atoms with Crippen molar-refractivity contribution in [1.82, 2.24) is 0 Å². The van der Waals surface area contributed by atoms with E-state index in [1.807, 2.05) is 6.26 Å². The highest BCUT2D eigenvalue weighted by Gasteiger charge is 2.03. The van der Waals surface area contributed by atoms with Crippen LogP contribution in [0.5, 0.6) is 0 Å². The van der Waals surface area contributed by atoms with Gasteiger partial charge in [0.15, 0.2) is 0 Å². The van der Waals surface area contributed by atoms with Crippen LogP contribution in [0.1, 0.15) is 6.42 Å². The van der Waals surface area contributed by atoms with Gasteiger partial charge in [-0.3, -0.25) is 9.52 Å². The number of anilines is 2. The van der Waals surface area contributed by atoms with Crippen LogP contribution in [0.4, 0.5) is 11.4 Å².